The summed E-state index contributed by atoms with van der Waals surface area (Å²) in [6.45, 7) is 24.6. The summed E-state index contributed by atoms with van der Waals surface area (Å²) in [4.78, 5) is 5.29. The topological polar surface area (TPSA) is 37.0 Å². The fourth-order valence-electron chi connectivity index (χ4n) is 4.51. The van der Waals surface area contributed by atoms with Gasteiger partial charge in [-0.15, -0.1) is 0 Å². The summed E-state index contributed by atoms with van der Waals surface area (Å²) in [6.07, 6.45) is 2.60. The number of likely N-dealkylation sites (tertiary alicyclic amines) is 1. The van der Waals surface area contributed by atoms with E-state index in [1.807, 2.05) is 27.7 Å². The molecular weight excluding hydrogens is 397 g/mol. The minimum atomic E-state index is -0.287. The number of benzene rings is 1. The van der Waals surface area contributed by atoms with E-state index in [4.69, 9.17) is 9.31 Å². The van der Waals surface area contributed by atoms with Crippen LogP contribution < -0.4 is 10.8 Å². The number of piperazine rings is 1. The van der Waals surface area contributed by atoms with E-state index in [2.05, 4.69) is 67.1 Å². The Labute approximate surface area is 198 Å². The number of nitrogens with zero attached hydrogens (tertiary/aromatic N) is 2. The van der Waals surface area contributed by atoms with Crippen molar-refractivity contribution in [3.63, 3.8) is 0 Å². The largest absolute Gasteiger partial charge is 0.494 e. The monoisotopic (exact) mass is 445 g/mol. The highest BCUT2D eigenvalue weighted by molar-refractivity contribution is 6.62. The average Bonchev–Trinajstić information content (AvgIpc) is 3.05. The molecule has 3 heterocycles. The van der Waals surface area contributed by atoms with Gasteiger partial charge >= 0.3 is 7.12 Å². The van der Waals surface area contributed by atoms with Crippen LogP contribution in [-0.4, -0.2) is 73.4 Å². The summed E-state index contributed by atoms with van der Waals surface area (Å²) in [7, 11) is -0.270. The summed E-state index contributed by atoms with van der Waals surface area (Å²) in [5, 5.41) is 3.46. The predicted octanol–water partition coefficient (Wildman–Crippen LogP) is 3.91. The minimum absolute atomic E-state index is 0.270. The van der Waals surface area contributed by atoms with Gasteiger partial charge in [-0.2, -0.15) is 0 Å². The van der Waals surface area contributed by atoms with E-state index in [9.17, 15) is 0 Å². The lowest BCUT2D eigenvalue weighted by Crippen LogP contribution is -2.51. The number of piperidine rings is 1. The molecule has 0 atom stereocenters. The second-order valence-electron chi connectivity index (χ2n) is 9.62. The molecule has 3 fully saturated rings. The lowest BCUT2D eigenvalue weighted by Gasteiger charge is -2.40. The molecule has 1 aromatic carbocycles. The maximum atomic E-state index is 6.17. The molecule has 3 saturated heterocycles. The molecule has 32 heavy (non-hydrogen) atoms. The molecule has 0 amide bonds. The zero-order chi connectivity index (χ0) is 23.8. The molecule has 0 bridgehead atoms. The first-order valence-corrected chi connectivity index (χ1v) is 13.0. The fourth-order valence-corrected chi connectivity index (χ4v) is 4.51. The van der Waals surface area contributed by atoms with Crippen molar-refractivity contribution in [3.8, 4) is 0 Å². The average molecular weight is 446 g/mol. The zero-order valence-corrected chi connectivity index (χ0v) is 22.0. The first-order chi connectivity index (χ1) is 15.3. The molecule has 1 aromatic rings. The van der Waals surface area contributed by atoms with Crippen molar-refractivity contribution in [2.45, 2.75) is 92.0 Å². The standard InChI is InChI=1S/C22H36BN3O2.2C2H6/c1-21(2)22(3,4)28-23(27-21)19-7-5-18(6-8-19)17-25-13-9-20(10-14-25)26-15-11-24-12-16-26;2*1-2/h5-8,20,24H,9-17H2,1-4H3;2*1-2H3. The summed E-state index contributed by atoms with van der Waals surface area (Å²) in [5.74, 6) is 0. The normalized spacial score (nSPS) is 23.7. The Kier molecular flexibility index (Phi) is 10.7. The fraction of sp³-hybridized carbons (Fsp3) is 0.769. The Hall–Kier alpha value is -0.915. The minimum Gasteiger partial charge on any atom is -0.399 e. The quantitative estimate of drug-likeness (QED) is 0.712. The van der Waals surface area contributed by atoms with Crippen LogP contribution in [0.5, 0.6) is 0 Å². The Balaban J connectivity index is 0.000000860. The van der Waals surface area contributed by atoms with Gasteiger partial charge in [0, 0.05) is 38.8 Å². The first-order valence-electron chi connectivity index (χ1n) is 13.0. The third-order valence-electron chi connectivity index (χ3n) is 7.14. The summed E-state index contributed by atoms with van der Waals surface area (Å²) >= 11 is 0. The van der Waals surface area contributed by atoms with Crippen LogP contribution in [0.4, 0.5) is 0 Å². The van der Waals surface area contributed by atoms with E-state index in [-0.39, 0.29) is 18.3 Å². The number of nitrogens with one attached hydrogen (secondary N) is 1. The van der Waals surface area contributed by atoms with E-state index in [1.54, 1.807) is 0 Å². The number of hydrogen-bond donors (Lipinski definition) is 1. The van der Waals surface area contributed by atoms with Gasteiger partial charge in [-0.05, 0) is 64.7 Å². The van der Waals surface area contributed by atoms with Crippen molar-refractivity contribution < 1.29 is 9.31 Å². The van der Waals surface area contributed by atoms with Gasteiger partial charge in [0.25, 0.3) is 0 Å². The van der Waals surface area contributed by atoms with Crippen LogP contribution in [0.1, 0.15) is 73.8 Å². The van der Waals surface area contributed by atoms with Crippen molar-refractivity contribution in [2.24, 2.45) is 0 Å². The highest BCUT2D eigenvalue weighted by Gasteiger charge is 2.51. The van der Waals surface area contributed by atoms with E-state index in [1.165, 1.54) is 44.6 Å². The lowest BCUT2D eigenvalue weighted by atomic mass is 9.79. The van der Waals surface area contributed by atoms with Crippen LogP contribution >= 0.6 is 0 Å². The van der Waals surface area contributed by atoms with E-state index in [0.717, 1.165) is 31.1 Å². The molecular formula is C26H48BN3O2. The Morgan fingerprint density at radius 2 is 1.34 bits per heavy atom. The van der Waals surface area contributed by atoms with Crippen molar-refractivity contribution in [3.05, 3.63) is 29.8 Å². The number of rotatable bonds is 4. The van der Waals surface area contributed by atoms with Crippen molar-refractivity contribution >= 4 is 12.6 Å². The van der Waals surface area contributed by atoms with Crippen LogP contribution in [-0.2, 0) is 15.9 Å². The highest BCUT2D eigenvalue weighted by Crippen LogP contribution is 2.36. The van der Waals surface area contributed by atoms with Gasteiger partial charge in [0.1, 0.15) is 0 Å². The van der Waals surface area contributed by atoms with Crippen LogP contribution in [0.15, 0.2) is 24.3 Å². The van der Waals surface area contributed by atoms with Crippen LogP contribution in [0, 0.1) is 0 Å². The van der Waals surface area contributed by atoms with Crippen LogP contribution in [0.3, 0.4) is 0 Å². The summed E-state index contributed by atoms with van der Waals surface area (Å²) < 4.78 is 12.3. The van der Waals surface area contributed by atoms with E-state index < -0.39 is 0 Å². The summed E-state index contributed by atoms with van der Waals surface area (Å²) in [5.41, 5.74) is 1.91. The lowest BCUT2D eigenvalue weighted by molar-refractivity contribution is 0.00578. The third-order valence-corrected chi connectivity index (χ3v) is 7.14. The molecule has 3 aliphatic rings. The molecule has 4 rings (SSSR count). The van der Waals surface area contributed by atoms with Crippen molar-refractivity contribution in [2.75, 3.05) is 39.3 Å². The second-order valence-corrected chi connectivity index (χ2v) is 9.62. The summed E-state index contributed by atoms with van der Waals surface area (Å²) in [6, 6.07) is 9.60. The SMILES string of the molecule is CC.CC.CC1(C)OB(c2ccc(CN3CCC(N4CCNCC4)CC3)cc2)OC1(C)C. The molecule has 3 aliphatic heterocycles. The molecule has 1 N–H and O–H groups in total. The van der Waals surface area contributed by atoms with Gasteiger partial charge < -0.3 is 14.6 Å². The molecule has 0 aromatic heterocycles. The van der Waals surface area contributed by atoms with Gasteiger partial charge in [0.15, 0.2) is 0 Å². The molecule has 0 saturated carbocycles. The van der Waals surface area contributed by atoms with Gasteiger partial charge in [-0.25, -0.2) is 0 Å². The Bertz CT molecular complexity index is 636. The second kappa shape index (κ2) is 12.5. The first kappa shape index (κ1) is 27.3. The van der Waals surface area contributed by atoms with Crippen LogP contribution in [0.25, 0.3) is 0 Å². The molecule has 0 aliphatic carbocycles. The molecule has 0 spiro atoms. The van der Waals surface area contributed by atoms with Crippen molar-refractivity contribution in [1.29, 1.82) is 0 Å². The molecule has 0 radical (unpaired) electrons. The third kappa shape index (κ3) is 6.80. The predicted molar refractivity (Wildman–Crippen MR) is 138 cm³/mol. The Morgan fingerprint density at radius 3 is 1.84 bits per heavy atom. The molecule has 5 nitrogen and oxygen atoms in total. The van der Waals surface area contributed by atoms with E-state index >= 15 is 0 Å². The number of hydrogen-bond acceptors (Lipinski definition) is 5. The highest BCUT2D eigenvalue weighted by atomic mass is 16.7. The zero-order valence-electron chi connectivity index (χ0n) is 22.0. The van der Waals surface area contributed by atoms with Gasteiger partial charge in [0.05, 0.1) is 11.2 Å². The van der Waals surface area contributed by atoms with Crippen LogP contribution in [0.2, 0.25) is 0 Å². The van der Waals surface area contributed by atoms with Gasteiger partial charge in [-0.1, -0.05) is 52.0 Å². The van der Waals surface area contributed by atoms with Gasteiger partial charge in [0.2, 0.25) is 0 Å². The maximum Gasteiger partial charge on any atom is 0.494 e. The molecule has 182 valence electrons. The molecule has 0 unspecified atom stereocenters. The van der Waals surface area contributed by atoms with E-state index in [0.29, 0.717) is 0 Å². The van der Waals surface area contributed by atoms with Crippen molar-refractivity contribution in [1.82, 2.24) is 15.1 Å². The van der Waals surface area contributed by atoms with Gasteiger partial charge in [-0.3, -0.25) is 9.80 Å². The Morgan fingerprint density at radius 1 is 0.844 bits per heavy atom. The molecule has 6 heteroatoms. The smallest absolute Gasteiger partial charge is 0.399 e. The maximum absolute atomic E-state index is 6.17.